The van der Waals surface area contributed by atoms with Crippen LogP contribution >= 0.6 is 11.3 Å². The Morgan fingerprint density at radius 2 is 2.29 bits per heavy atom. The van der Waals surface area contributed by atoms with Crippen molar-refractivity contribution in [2.24, 2.45) is 0 Å². The van der Waals surface area contributed by atoms with E-state index in [1.807, 2.05) is 32.2 Å². The van der Waals surface area contributed by atoms with Crippen LogP contribution < -0.4 is 0 Å². The summed E-state index contributed by atoms with van der Waals surface area (Å²) in [6.45, 7) is 5.79. The van der Waals surface area contributed by atoms with Gasteiger partial charge in [0.05, 0.1) is 0 Å². The van der Waals surface area contributed by atoms with Gasteiger partial charge in [0.25, 0.3) is 0 Å². The normalized spacial score (nSPS) is 15.1. The molecule has 1 unspecified atom stereocenters. The monoisotopic (exact) mass is 212 g/mol. The van der Waals surface area contributed by atoms with Crippen LogP contribution in [0.5, 0.6) is 0 Å². The fourth-order valence-corrected chi connectivity index (χ4v) is 1.95. The first-order valence-corrected chi connectivity index (χ1v) is 5.56. The molecule has 0 spiro atoms. The predicted octanol–water partition coefficient (Wildman–Crippen LogP) is 3.05. The largest absolute Gasteiger partial charge is 0.370 e. The van der Waals surface area contributed by atoms with Gasteiger partial charge < -0.3 is 4.74 Å². The number of ketones is 1. The Labute approximate surface area is 88.9 Å². The number of thiophene rings is 1. The maximum Gasteiger partial charge on any atom is 0.195 e. The van der Waals surface area contributed by atoms with E-state index in [-0.39, 0.29) is 5.78 Å². The smallest absolute Gasteiger partial charge is 0.195 e. The summed E-state index contributed by atoms with van der Waals surface area (Å²) in [4.78, 5) is 13.2. The highest BCUT2D eigenvalue weighted by Crippen LogP contribution is 2.23. The molecule has 0 aliphatic carbocycles. The van der Waals surface area contributed by atoms with Gasteiger partial charge in [-0.25, -0.2) is 0 Å². The summed E-state index contributed by atoms with van der Waals surface area (Å²) in [6, 6.07) is 1.92. The molecule has 14 heavy (non-hydrogen) atoms. The molecule has 1 rings (SSSR count). The van der Waals surface area contributed by atoms with E-state index < -0.39 is 5.60 Å². The zero-order valence-corrected chi connectivity index (χ0v) is 9.90. The van der Waals surface area contributed by atoms with E-state index in [4.69, 9.17) is 4.74 Å². The second-order valence-corrected chi connectivity index (χ2v) is 4.68. The van der Waals surface area contributed by atoms with Crippen molar-refractivity contribution in [1.29, 1.82) is 0 Å². The molecule has 0 bridgehead atoms. The molecule has 1 aromatic heterocycles. The van der Waals surface area contributed by atoms with Crippen molar-refractivity contribution >= 4 is 17.1 Å². The minimum atomic E-state index is -0.673. The van der Waals surface area contributed by atoms with Crippen LogP contribution in [-0.4, -0.2) is 18.5 Å². The first kappa shape index (κ1) is 11.4. The van der Waals surface area contributed by atoms with Crippen LogP contribution in [-0.2, 0) is 4.74 Å². The Balaban J connectivity index is 2.94. The van der Waals surface area contributed by atoms with Crippen molar-refractivity contribution in [3.63, 3.8) is 0 Å². The van der Waals surface area contributed by atoms with E-state index >= 15 is 0 Å². The van der Waals surface area contributed by atoms with Gasteiger partial charge in [-0.1, -0.05) is 6.92 Å². The third-order valence-corrected chi connectivity index (χ3v) is 3.46. The van der Waals surface area contributed by atoms with E-state index in [0.717, 1.165) is 10.4 Å². The Bertz CT molecular complexity index is 324. The molecule has 1 aromatic rings. The Morgan fingerprint density at radius 1 is 1.64 bits per heavy atom. The first-order valence-electron chi connectivity index (χ1n) is 4.68. The number of hydrogen-bond acceptors (Lipinski definition) is 3. The second-order valence-electron chi connectivity index (χ2n) is 3.56. The lowest BCUT2D eigenvalue weighted by molar-refractivity contribution is 0.0106. The number of hydrogen-bond donors (Lipinski definition) is 0. The fourth-order valence-electron chi connectivity index (χ4n) is 1.27. The van der Waals surface area contributed by atoms with Crippen LogP contribution in [0.2, 0.25) is 0 Å². The van der Waals surface area contributed by atoms with Crippen LogP contribution in [0.15, 0.2) is 11.4 Å². The zero-order chi connectivity index (χ0) is 10.8. The SMILES string of the molecule is CCC(C)(OC)C(=O)c1csc(C)c1. The van der Waals surface area contributed by atoms with Crippen molar-refractivity contribution in [2.45, 2.75) is 32.8 Å². The standard InChI is InChI=1S/C11H16O2S/c1-5-11(3,13-4)10(12)9-6-8(2)14-7-9/h6-7H,5H2,1-4H3. The van der Waals surface area contributed by atoms with E-state index in [9.17, 15) is 4.79 Å². The summed E-state index contributed by atoms with van der Waals surface area (Å²) in [5.41, 5.74) is 0.0896. The van der Waals surface area contributed by atoms with Crippen LogP contribution in [0.3, 0.4) is 0 Å². The second kappa shape index (κ2) is 4.24. The van der Waals surface area contributed by atoms with Crippen molar-refractivity contribution < 1.29 is 9.53 Å². The lowest BCUT2D eigenvalue weighted by atomic mass is 9.93. The molecule has 1 atom stereocenters. The number of aryl methyl sites for hydroxylation is 1. The van der Waals surface area contributed by atoms with Gasteiger partial charge in [-0.05, 0) is 26.3 Å². The van der Waals surface area contributed by atoms with Crippen LogP contribution in [0.4, 0.5) is 0 Å². The maximum absolute atomic E-state index is 12.0. The van der Waals surface area contributed by atoms with Crippen LogP contribution in [0.1, 0.15) is 35.5 Å². The zero-order valence-electron chi connectivity index (χ0n) is 9.09. The van der Waals surface area contributed by atoms with E-state index in [2.05, 4.69) is 0 Å². The first-order chi connectivity index (χ1) is 6.53. The molecule has 0 saturated heterocycles. The average Bonchev–Trinajstić information content (AvgIpc) is 2.62. The fraction of sp³-hybridized carbons (Fsp3) is 0.545. The molecule has 0 fully saturated rings. The minimum Gasteiger partial charge on any atom is -0.370 e. The Kier molecular flexibility index (Phi) is 3.45. The van der Waals surface area contributed by atoms with Crippen molar-refractivity contribution in [3.8, 4) is 0 Å². The van der Waals surface area contributed by atoms with E-state index in [1.54, 1.807) is 18.4 Å². The molecule has 2 nitrogen and oxygen atoms in total. The summed E-state index contributed by atoms with van der Waals surface area (Å²) in [7, 11) is 1.58. The van der Waals surface area contributed by atoms with Crippen molar-refractivity contribution in [2.75, 3.05) is 7.11 Å². The van der Waals surface area contributed by atoms with Gasteiger partial charge in [-0.15, -0.1) is 11.3 Å². The van der Waals surface area contributed by atoms with Crippen LogP contribution in [0, 0.1) is 6.92 Å². The van der Waals surface area contributed by atoms with Gasteiger partial charge in [-0.3, -0.25) is 4.79 Å². The van der Waals surface area contributed by atoms with Crippen molar-refractivity contribution in [1.82, 2.24) is 0 Å². The third-order valence-electron chi connectivity index (χ3n) is 2.60. The van der Waals surface area contributed by atoms with Gasteiger partial charge in [0, 0.05) is 22.9 Å². The molecule has 78 valence electrons. The van der Waals surface area contributed by atoms with Gasteiger partial charge in [0.2, 0.25) is 0 Å². The number of methoxy groups -OCH3 is 1. The number of carbonyl (C=O) groups excluding carboxylic acids is 1. The number of Topliss-reactive ketones (excluding diaryl/α,β-unsaturated/α-hetero) is 1. The molecule has 0 radical (unpaired) electrons. The molecule has 3 heteroatoms. The highest BCUT2D eigenvalue weighted by Gasteiger charge is 2.32. The molecule has 0 aliphatic heterocycles. The summed E-state index contributed by atoms with van der Waals surface area (Å²) in [5.74, 6) is 0.0758. The van der Waals surface area contributed by atoms with E-state index in [1.165, 1.54) is 0 Å². The molecular weight excluding hydrogens is 196 g/mol. The Morgan fingerprint density at radius 3 is 2.64 bits per heavy atom. The third kappa shape index (κ3) is 2.04. The molecular formula is C11H16O2S. The van der Waals surface area contributed by atoms with Gasteiger partial charge in [0.15, 0.2) is 5.78 Å². The van der Waals surface area contributed by atoms with Gasteiger partial charge in [0.1, 0.15) is 5.60 Å². The topological polar surface area (TPSA) is 26.3 Å². The number of ether oxygens (including phenoxy) is 1. The highest BCUT2D eigenvalue weighted by atomic mass is 32.1. The summed E-state index contributed by atoms with van der Waals surface area (Å²) in [6.07, 6.45) is 0.692. The minimum absolute atomic E-state index is 0.0758. The molecule has 0 aromatic carbocycles. The van der Waals surface area contributed by atoms with Crippen LogP contribution in [0.25, 0.3) is 0 Å². The van der Waals surface area contributed by atoms with Gasteiger partial charge >= 0.3 is 0 Å². The van der Waals surface area contributed by atoms with Gasteiger partial charge in [-0.2, -0.15) is 0 Å². The number of rotatable bonds is 4. The van der Waals surface area contributed by atoms with Crippen molar-refractivity contribution in [3.05, 3.63) is 21.9 Å². The van der Waals surface area contributed by atoms with E-state index in [0.29, 0.717) is 6.42 Å². The Hall–Kier alpha value is -0.670. The molecule has 0 aliphatic rings. The molecule has 0 amide bonds. The summed E-state index contributed by atoms with van der Waals surface area (Å²) >= 11 is 1.59. The average molecular weight is 212 g/mol. The highest BCUT2D eigenvalue weighted by molar-refractivity contribution is 7.10. The predicted molar refractivity (Wildman–Crippen MR) is 59.1 cm³/mol. The summed E-state index contributed by atoms with van der Waals surface area (Å²) < 4.78 is 5.27. The molecule has 1 heterocycles. The summed E-state index contributed by atoms with van der Waals surface area (Å²) in [5, 5.41) is 1.89. The maximum atomic E-state index is 12.0. The lowest BCUT2D eigenvalue weighted by Gasteiger charge is -2.24. The molecule has 0 saturated carbocycles. The number of carbonyl (C=O) groups is 1. The molecule has 0 N–H and O–H groups in total. The lowest BCUT2D eigenvalue weighted by Crippen LogP contribution is -2.36. The quantitative estimate of drug-likeness (QED) is 0.717.